The van der Waals surface area contributed by atoms with Crippen LogP contribution in [-0.2, 0) is 9.53 Å². The maximum atomic E-state index is 11.8. The lowest BCUT2D eigenvalue weighted by Gasteiger charge is -2.33. The molecule has 0 radical (unpaired) electrons. The highest BCUT2D eigenvalue weighted by atomic mass is 127. The van der Waals surface area contributed by atoms with Crippen LogP contribution < -0.4 is 5.32 Å². The molecule has 1 aliphatic rings. The van der Waals surface area contributed by atoms with E-state index in [1.165, 1.54) is 6.42 Å². The number of guanidine groups is 1. The van der Waals surface area contributed by atoms with Crippen LogP contribution in [0.3, 0.4) is 0 Å². The van der Waals surface area contributed by atoms with Crippen molar-refractivity contribution in [3.63, 3.8) is 0 Å². The van der Waals surface area contributed by atoms with E-state index in [0.717, 1.165) is 58.1 Å². The fourth-order valence-corrected chi connectivity index (χ4v) is 2.99. The summed E-state index contributed by atoms with van der Waals surface area (Å²) in [5.74, 6) is 0.942. The number of aliphatic imine (C=N–C) groups is 1. The number of hydrogen-bond donors (Lipinski definition) is 1. The maximum Gasteiger partial charge on any atom is 0.309 e. The zero-order valence-corrected chi connectivity index (χ0v) is 18.0. The molecule has 7 heteroatoms. The van der Waals surface area contributed by atoms with Gasteiger partial charge in [0.1, 0.15) is 0 Å². The summed E-state index contributed by atoms with van der Waals surface area (Å²) in [5, 5.41) is 3.45. The smallest absolute Gasteiger partial charge is 0.309 e. The summed E-state index contributed by atoms with van der Waals surface area (Å²) in [4.78, 5) is 20.9. The van der Waals surface area contributed by atoms with Gasteiger partial charge in [-0.2, -0.15) is 0 Å². The number of nitrogens with zero attached hydrogens (tertiary/aromatic N) is 3. The second-order valence-electron chi connectivity index (χ2n) is 5.92. The zero-order valence-electron chi connectivity index (χ0n) is 15.7. The molecule has 24 heavy (non-hydrogen) atoms. The molecular formula is C17H35IN4O2. The number of likely N-dealkylation sites (tertiary alicyclic amines) is 1. The Bertz CT molecular complexity index is 372. The summed E-state index contributed by atoms with van der Waals surface area (Å²) in [6, 6.07) is 0. The van der Waals surface area contributed by atoms with Crippen molar-refractivity contribution in [3.05, 3.63) is 0 Å². The number of carbonyl (C=O) groups excluding carboxylic acids is 1. The van der Waals surface area contributed by atoms with Crippen molar-refractivity contribution in [2.75, 3.05) is 52.9 Å². The fourth-order valence-electron chi connectivity index (χ4n) is 2.99. The topological polar surface area (TPSA) is 57.2 Å². The van der Waals surface area contributed by atoms with Crippen molar-refractivity contribution in [2.24, 2.45) is 10.9 Å². The van der Waals surface area contributed by atoms with Gasteiger partial charge < -0.3 is 19.9 Å². The Balaban J connectivity index is 0.00000529. The third kappa shape index (κ3) is 8.00. The summed E-state index contributed by atoms with van der Waals surface area (Å²) >= 11 is 0. The second-order valence-corrected chi connectivity index (χ2v) is 5.92. The molecule has 0 aliphatic carbocycles. The minimum Gasteiger partial charge on any atom is -0.466 e. The van der Waals surface area contributed by atoms with Crippen LogP contribution in [0.4, 0.5) is 0 Å². The lowest BCUT2D eigenvalue weighted by molar-refractivity contribution is -0.149. The Labute approximate surface area is 164 Å². The molecule has 0 atom stereocenters. The van der Waals surface area contributed by atoms with Crippen LogP contribution in [0, 0.1) is 5.92 Å². The molecule has 0 saturated carbocycles. The SMILES string of the molecule is CCCN(CC)CCNC(=NC)N1CCC(C(=O)OCC)CC1.I. The molecule has 1 saturated heterocycles. The number of halogens is 1. The molecule has 1 aliphatic heterocycles. The van der Waals surface area contributed by atoms with Crippen LogP contribution in [0.5, 0.6) is 0 Å². The predicted octanol–water partition coefficient (Wildman–Crippen LogP) is 2.19. The van der Waals surface area contributed by atoms with Crippen LogP contribution in [-0.4, -0.2) is 74.7 Å². The standard InChI is InChI=1S/C17H34N4O2.HI/c1-5-11-20(6-2)14-10-19-17(18-4)21-12-8-15(9-13-21)16(22)23-7-3;/h15H,5-14H2,1-4H3,(H,18,19);1H. The molecule has 0 aromatic heterocycles. The maximum absolute atomic E-state index is 11.8. The van der Waals surface area contributed by atoms with Gasteiger partial charge in [-0.15, -0.1) is 24.0 Å². The summed E-state index contributed by atoms with van der Waals surface area (Å²) in [6.07, 6.45) is 2.87. The van der Waals surface area contributed by atoms with Crippen molar-refractivity contribution < 1.29 is 9.53 Å². The number of nitrogens with one attached hydrogen (secondary N) is 1. The molecule has 0 aromatic rings. The number of carbonyl (C=O) groups is 1. The first-order chi connectivity index (χ1) is 11.2. The van der Waals surface area contributed by atoms with Crippen molar-refractivity contribution in [3.8, 4) is 0 Å². The third-order valence-corrected chi connectivity index (χ3v) is 4.32. The fraction of sp³-hybridized carbons (Fsp3) is 0.882. The van der Waals surface area contributed by atoms with Crippen molar-refractivity contribution in [1.29, 1.82) is 0 Å². The van der Waals surface area contributed by atoms with Gasteiger partial charge in [0.2, 0.25) is 0 Å². The first kappa shape index (κ1) is 23.4. The molecule has 6 nitrogen and oxygen atoms in total. The molecule has 1 N–H and O–H groups in total. The van der Waals surface area contributed by atoms with Crippen LogP contribution in [0.2, 0.25) is 0 Å². The number of esters is 1. The van der Waals surface area contributed by atoms with Gasteiger partial charge in [0.05, 0.1) is 12.5 Å². The summed E-state index contributed by atoms with van der Waals surface area (Å²) in [6.45, 7) is 12.6. The average Bonchev–Trinajstić information content (AvgIpc) is 2.58. The van der Waals surface area contributed by atoms with E-state index in [2.05, 4.69) is 34.0 Å². The average molecular weight is 454 g/mol. The number of likely N-dealkylation sites (N-methyl/N-ethyl adjacent to an activating group) is 1. The Morgan fingerprint density at radius 2 is 1.92 bits per heavy atom. The Morgan fingerprint density at radius 3 is 2.42 bits per heavy atom. The number of ether oxygens (including phenoxy) is 1. The summed E-state index contributed by atoms with van der Waals surface area (Å²) in [5.41, 5.74) is 0. The first-order valence-electron chi connectivity index (χ1n) is 9.00. The number of hydrogen-bond acceptors (Lipinski definition) is 4. The highest BCUT2D eigenvalue weighted by molar-refractivity contribution is 14.0. The monoisotopic (exact) mass is 454 g/mol. The molecule has 0 aromatic carbocycles. The van der Waals surface area contributed by atoms with Gasteiger partial charge in [-0.05, 0) is 39.3 Å². The van der Waals surface area contributed by atoms with Gasteiger partial charge >= 0.3 is 5.97 Å². The first-order valence-corrected chi connectivity index (χ1v) is 9.00. The molecule has 0 bridgehead atoms. The molecule has 1 fully saturated rings. The third-order valence-electron chi connectivity index (χ3n) is 4.32. The van der Waals surface area contributed by atoms with E-state index >= 15 is 0 Å². The number of piperidine rings is 1. The van der Waals surface area contributed by atoms with Crippen LogP contribution in [0.25, 0.3) is 0 Å². The van der Waals surface area contributed by atoms with E-state index in [1.54, 1.807) is 0 Å². The minimum atomic E-state index is -0.0479. The molecular weight excluding hydrogens is 419 g/mol. The number of rotatable bonds is 8. The van der Waals surface area contributed by atoms with E-state index < -0.39 is 0 Å². The lowest BCUT2D eigenvalue weighted by Crippen LogP contribution is -2.48. The van der Waals surface area contributed by atoms with Crippen LogP contribution in [0.1, 0.15) is 40.0 Å². The molecule has 142 valence electrons. The second kappa shape index (κ2) is 13.7. The van der Waals surface area contributed by atoms with Crippen molar-refractivity contribution in [1.82, 2.24) is 15.1 Å². The quantitative estimate of drug-likeness (QED) is 0.264. The van der Waals surface area contributed by atoms with Gasteiger partial charge in [-0.3, -0.25) is 9.79 Å². The van der Waals surface area contributed by atoms with Gasteiger partial charge in [-0.25, -0.2) is 0 Å². The van der Waals surface area contributed by atoms with Crippen LogP contribution >= 0.6 is 24.0 Å². The van der Waals surface area contributed by atoms with Gasteiger partial charge in [0, 0.05) is 33.2 Å². The van der Waals surface area contributed by atoms with E-state index in [9.17, 15) is 4.79 Å². The van der Waals surface area contributed by atoms with Gasteiger partial charge in [-0.1, -0.05) is 13.8 Å². The molecule has 1 rings (SSSR count). The molecule has 0 unspecified atom stereocenters. The summed E-state index contributed by atoms with van der Waals surface area (Å²) < 4.78 is 5.12. The van der Waals surface area contributed by atoms with E-state index in [4.69, 9.17) is 4.74 Å². The molecule has 0 amide bonds. The molecule has 0 spiro atoms. The van der Waals surface area contributed by atoms with Crippen molar-refractivity contribution in [2.45, 2.75) is 40.0 Å². The normalized spacial score (nSPS) is 16.0. The van der Waals surface area contributed by atoms with E-state index in [1.807, 2.05) is 14.0 Å². The Morgan fingerprint density at radius 1 is 1.25 bits per heavy atom. The molecule has 1 heterocycles. The van der Waals surface area contributed by atoms with E-state index in [0.29, 0.717) is 6.61 Å². The zero-order chi connectivity index (χ0) is 17.1. The Hall–Kier alpha value is -0.570. The van der Waals surface area contributed by atoms with E-state index in [-0.39, 0.29) is 35.9 Å². The highest BCUT2D eigenvalue weighted by Gasteiger charge is 2.27. The highest BCUT2D eigenvalue weighted by Crippen LogP contribution is 2.18. The lowest BCUT2D eigenvalue weighted by atomic mass is 9.97. The van der Waals surface area contributed by atoms with Gasteiger partial charge in [0.15, 0.2) is 5.96 Å². The van der Waals surface area contributed by atoms with Crippen LogP contribution in [0.15, 0.2) is 4.99 Å². The van der Waals surface area contributed by atoms with Gasteiger partial charge in [0.25, 0.3) is 0 Å². The van der Waals surface area contributed by atoms with Crippen molar-refractivity contribution >= 4 is 35.9 Å². The summed E-state index contributed by atoms with van der Waals surface area (Å²) in [7, 11) is 1.82. The minimum absolute atomic E-state index is 0. The predicted molar refractivity (Wildman–Crippen MR) is 110 cm³/mol. The largest absolute Gasteiger partial charge is 0.466 e. The Kier molecular flexibility index (Phi) is 13.4.